The number of carbonyl (C=O) groups is 2. The van der Waals surface area contributed by atoms with Gasteiger partial charge in [-0.15, -0.1) is 0 Å². The molecule has 2 aromatic rings. The summed E-state index contributed by atoms with van der Waals surface area (Å²) >= 11 is 0. The maximum atomic E-state index is 12.6. The van der Waals surface area contributed by atoms with Crippen LogP contribution in [0.5, 0.6) is 5.75 Å². The van der Waals surface area contributed by atoms with Crippen LogP contribution in [0.25, 0.3) is 11.1 Å². The second-order valence-corrected chi connectivity index (χ2v) is 11.1. The Kier molecular flexibility index (Phi) is 9.48. The van der Waals surface area contributed by atoms with E-state index in [1.807, 2.05) is 12.1 Å². The monoisotopic (exact) mass is 506 g/mol. The van der Waals surface area contributed by atoms with E-state index in [9.17, 15) is 14.7 Å². The zero-order valence-corrected chi connectivity index (χ0v) is 22.5. The highest BCUT2D eigenvalue weighted by Crippen LogP contribution is 2.33. The van der Waals surface area contributed by atoms with Crippen molar-refractivity contribution in [2.75, 3.05) is 31.1 Å². The van der Waals surface area contributed by atoms with Crippen LogP contribution in [0.2, 0.25) is 0 Å². The second kappa shape index (κ2) is 13.0. The normalized spacial score (nSPS) is 17.4. The fraction of sp³-hybridized carbons (Fsp3) is 0.548. The Morgan fingerprint density at radius 1 is 0.946 bits per heavy atom. The number of anilines is 1. The molecular weight excluding hydrogens is 464 g/mol. The third-order valence-corrected chi connectivity index (χ3v) is 7.30. The van der Waals surface area contributed by atoms with Gasteiger partial charge in [-0.3, -0.25) is 4.79 Å². The van der Waals surface area contributed by atoms with E-state index in [1.54, 1.807) is 0 Å². The van der Waals surface area contributed by atoms with Crippen LogP contribution in [0.3, 0.4) is 0 Å². The molecule has 1 aliphatic heterocycles. The van der Waals surface area contributed by atoms with Gasteiger partial charge in [-0.2, -0.15) is 0 Å². The Bertz CT molecular complexity index is 1060. The number of carboxylic acids is 1. The van der Waals surface area contributed by atoms with Crippen molar-refractivity contribution < 1.29 is 19.4 Å². The van der Waals surface area contributed by atoms with Crippen molar-refractivity contribution in [1.29, 1.82) is 0 Å². The molecule has 0 aromatic heterocycles. The van der Waals surface area contributed by atoms with Gasteiger partial charge in [0.2, 0.25) is 0 Å². The van der Waals surface area contributed by atoms with Crippen LogP contribution in [-0.4, -0.2) is 48.1 Å². The molecule has 0 atom stereocenters. The summed E-state index contributed by atoms with van der Waals surface area (Å²) in [5.74, 6) is -0.134. The molecule has 4 rings (SSSR count). The number of carboxylic acid groups (broad SMARTS) is 1. The molecule has 37 heavy (non-hydrogen) atoms. The van der Waals surface area contributed by atoms with Gasteiger partial charge in [-0.05, 0) is 72.4 Å². The third kappa shape index (κ3) is 7.98. The van der Waals surface area contributed by atoms with Gasteiger partial charge in [0.15, 0.2) is 0 Å². The summed E-state index contributed by atoms with van der Waals surface area (Å²) in [6, 6.07) is 14.7. The predicted octanol–water partition coefficient (Wildman–Crippen LogP) is 6.37. The van der Waals surface area contributed by atoms with Crippen LogP contribution in [-0.2, 0) is 16.1 Å². The second-order valence-electron chi connectivity index (χ2n) is 11.1. The molecule has 1 fully saturated rings. The molecule has 0 unspecified atom stereocenters. The smallest absolute Gasteiger partial charge is 0.394 e. The van der Waals surface area contributed by atoms with Crippen LogP contribution in [0.15, 0.2) is 42.5 Å². The lowest BCUT2D eigenvalue weighted by Gasteiger charge is -2.31. The minimum atomic E-state index is -1.38. The molecule has 6 heteroatoms. The molecule has 1 heterocycles. The topological polar surface area (TPSA) is 70.1 Å². The quantitative estimate of drug-likeness (QED) is 0.461. The molecule has 0 bridgehead atoms. The summed E-state index contributed by atoms with van der Waals surface area (Å²) in [6.45, 7) is 7.87. The van der Waals surface area contributed by atoms with Crippen LogP contribution < -0.4 is 9.64 Å². The average molecular weight is 507 g/mol. The van der Waals surface area contributed by atoms with Crippen LogP contribution in [0.4, 0.5) is 5.69 Å². The van der Waals surface area contributed by atoms with Gasteiger partial charge in [0.1, 0.15) is 5.75 Å². The lowest BCUT2D eigenvalue weighted by atomic mass is 10.00. The number of benzene rings is 2. The number of hydrogen-bond acceptors (Lipinski definition) is 4. The van der Waals surface area contributed by atoms with Gasteiger partial charge in [0, 0.05) is 31.9 Å². The summed E-state index contributed by atoms with van der Waals surface area (Å²) in [5, 5.41) is 9.47. The molecule has 6 nitrogen and oxygen atoms in total. The van der Waals surface area contributed by atoms with E-state index in [1.165, 1.54) is 30.6 Å². The van der Waals surface area contributed by atoms with Gasteiger partial charge < -0.3 is 19.6 Å². The molecule has 1 aliphatic carbocycles. The summed E-state index contributed by atoms with van der Waals surface area (Å²) in [7, 11) is 0. The van der Waals surface area contributed by atoms with Crippen molar-refractivity contribution in [3.05, 3.63) is 48.0 Å². The molecule has 200 valence electrons. The van der Waals surface area contributed by atoms with Crippen LogP contribution in [0, 0.1) is 11.8 Å². The van der Waals surface area contributed by atoms with Crippen molar-refractivity contribution in [1.82, 2.24) is 4.90 Å². The minimum absolute atomic E-state index is 0.305. The van der Waals surface area contributed by atoms with E-state index < -0.39 is 11.9 Å². The minimum Gasteiger partial charge on any atom is -0.493 e. The van der Waals surface area contributed by atoms with E-state index in [4.69, 9.17) is 4.74 Å². The number of ether oxygens (including phenoxy) is 1. The summed E-state index contributed by atoms with van der Waals surface area (Å²) < 4.78 is 6.04. The number of nitrogens with zero attached hydrogens (tertiary/aromatic N) is 2. The number of rotatable bonds is 6. The maximum Gasteiger partial charge on any atom is 0.394 e. The first-order valence-corrected chi connectivity index (χ1v) is 14.0. The Labute approximate surface area is 221 Å². The number of hydrogen-bond donors (Lipinski definition) is 1. The standard InChI is InChI=1S/C31H42N2O4/c1-23(2)20-32-16-7-5-3-4-6-8-17-33(30(34)31(35)36)21-27-15-14-26(19-29(27)32)25-10-9-11-28(18-25)37-22-24-12-13-24/h9-11,14-15,18-19,23-24H,3-8,12-13,16-17,20-22H2,1-2H3,(H,35,36). The van der Waals surface area contributed by atoms with Crippen molar-refractivity contribution in [3.8, 4) is 16.9 Å². The first kappa shape index (κ1) is 27.0. The van der Waals surface area contributed by atoms with Gasteiger partial charge in [-0.1, -0.05) is 63.8 Å². The Morgan fingerprint density at radius 3 is 2.35 bits per heavy atom. The highest BCUT2D eigenvalue weighted by molar-refractivity contribution is 6.31. The molecule has 0 spiro atoms. The number of aliphatic carboxylic acids is 1. The number of amides is 1. The van der Waals surface area contributed by atoms with Crippen LogP contribution in [0.1, 0.15) is 70.8 Å². The molecule has 2 aliphatic rings. The summed E-state index contributed by atoms with van der Waals surface area (Å²) in [4.78, 5) is 28.2. The largest absolute Gasteiger partial charge is 0.493 e. The molecule has 0 saturated heterocycles. The van der Waals surface area contributed by atoms with E-state index in [0.29, 0.717) is 24.9 Å². The lowest BCUT2D eigenvalue weighted by Crippen LogP contribution is -2.37. The molecule has 1 saturated carbocycles. The molecular formula is C31H42N2O4. The van der Waals surface area contributed by atoms with E-state index in [0.717, 1.165) is 73.5 Å². The van der Waals surface area contributed by atoms with E-state index in [-0.39, 0.29) is 0 Å². The Morgan fingerprint density at radius 2 is 1.65 bits per heavy atom. The lowest BCUT2D eigenvalue weighted by molar-refractivity contribution is -0.156. The highest BCUT2D eigenvalue weighted by atomic mass is 16.5. The van der Waals surface area contributed by atoms with Gasteiger partial charge >= 0.3 is 11.9 Å². The average Bonchev–Trinajstić information content (AvgIpc) is 3.71. The fourth-order valence-corrected chi connectivity index (χ4v) is 5.09. The molecule has 1 N–H and O–H groups in total. The molecule has 0 radical (unpaired) electrons. The van der Waals surface area contributed by atoms with Crippen molar-refractivity contribution in [3.63, 3.8) is 0 Å². The van der Waals surface area contributed by atoms with E-state index >= 15 is 0 Å². The van der Waals surface area contributed by atoms with Crippen LogP contribution >= 0.6 is 0 Å². The van der Waals surface area contributed by atoms with Gasteiger partial charge in [0.05, 0.1) is 6.61 Å². The molecule has 1 amide bonds. The third-order valence-electron chi connectivity index (χ3n) is 7.30. The summed E-state index contributed by atoms with van der Waals surface area (Å²) in [6.07, 6.45) is 8.97. The fourth-order valence-electron chi connectivity index (χ4n) is 5.09. The van der Waals surface area contributed by atoms with Gasteiger partial charge in [0.25, 0.3) is 0 Å². The predicted molar refractivity (Wildman–Crippen MR) is 148 cm³/mol. The number of fused-ring (bicyclic) bond motifs is 1. The van der Waals surface area contributed by atoms with Gasteiger partial charge in [-0.25, -0.2) is 4.79 Å². The van der Waals surface area contributed by atoms with Crippen molar-refractivity contribution >= 4 is 17.6 Å². The SMILES string of the molecule is CC(C)CN1CCCCCCCCN(C(=O)C(=O)O)Cc2ccc(-c3cccc(OCC4CC4)c3)cc21. The Hall–Kier alpha value is -3.02. The zero-order chi connectivity index (χ0) is 26.2. The maximum absolute atomic E-state index is 12.6. The highest BCUT2D eigenvalue weighted by Gasteiger charge is 2.24. The molecule has 2 aromatic carbocycles. The van der Waals surface area contributed by atoms with E-state index in [2.05, 4.69) is 49.1 Å². The first-order valence-electron chi connectivity index (χ1n) is 14.0. The van der Waals surface area contributed by atoms with Crippen molar-refractivity contribution in [2.45, 2.75) is 71.8 Å². The van der Waals surface area contributed by atoms with Crippen molar-refractivity contribution in [2.24, 2.45) is 11.8 Å². The summed E-state index contributed by atoms with van der Waals surface area (Å²) in [5.41, 5.74) is 4.30. The first-order chi connectivity index (χ1) is 17.9. The number of carbonyl (C=O) groups excluding carboxylic acids is 1. The Balaban J connectivity index is 1.69. The zero-order valence-electron chi connectivity index (χ0n) is 22.5.